The maximum absolute atomic E-state index is 10.3. The molecule has 1 unspecified atom stereocenters. The molecule has 4 rings (SSSR count). The minimum atomic E-state index is 0.0237. The fraction of sp³-hybridized carbons (Fsp3) is 0.188. The number of phenolic OH excluding ortho intramolecular Hbond substituents is 1. The number of benzene rings is 2. The molecule has 0 radical (unpaired) electrons. The largest absolute Gasteiger partial charge is 0.506 e. The van der Waals surface area contributed by atoms with Crippen molar-refractivity contribution in [1.82, 2.24) is 5.43 Å². The third-order valence-corrected chi connectivity index (χ3v) is 4.93. The number of hydrogen-bond acceptors (Lipinski definition) is 5. The van der Waals surface area contributed by atoms with Crippen LogP contribution < -0.4 is 14.9 Å². The van der Waals surface area contributed by atoms with E-state index in [0.29, 0.717) is 20.6 Å². The molecule has 2 aromatic carbocycles. The van der Waals surface area contributed by atoms with Gasteiger partial charge in [-0.25, -0.2) is 0 Å². The zero-order chi connectivity index (χ0) is 16.0. The second-order valence-corrected chi connectivity index (χ2v) is 6.94. The molecule has 118 valence electrons. The van der Waals surface area contributed by atoms with E-state index in [0.717, 1.165) is 22.8 Å². The Morgan fingerprint density at radius 2 is 2.04 bits per heavy atom. The van der Waals surface area contributed by atoms with E-state index < -0.39 is 0 Å². The van der Waals surface area contributed by atoms with Crippen LogP contribution in [0.15, 0.2) is 35.4 Å². The van der Waals surface area contributed by atoms with E-state index in [1.165, 1.54) is 0 Å². The van der Waals surface area contributed by atoms with Crippen molar-refractivity contribution in [2.45, 2.75) is 12.5 Å². The predicted octanol–water partition coefficient (Wildman–Crippen LogP) is 3.82. The molecule has 0 fully saturated rings. The van der Waals surface area contributed by atoms with E-state index in [1.807, 2.05) is 18.2 Å². The molecule has 2 aliphatic heterocycles. The zero-order valence-corrected chi connectivity index (χ0v) is 14.8. The molecule has 7 heteroatoms. The maximum atomic E-state index is 10.3. The molecule has 0 saturated heterocycles. The van der Waals surface area contributed by atoms with Gasteiger partial charge in [0.25, 0.3) is 0 Å². The van der Waals surface area contributed by atoms with Crippen molar-refractivity contribution in [3.8, 4) is 17.2 Å². The van der Waals surface area contributed by atoms with Crippen LogP contribution in [0.5, 0.6) is 17.2 Å². The summed E-state index contributed by atoms with van der Waals surface area (Å²) in [6.07, 6.45) is 0.656. The van der Waals surface area contributed by atoms with E-state index in [2.05, 4.69) is 33.1 Å². The van der Waals surface area contributed by atoms with Crippen LogP contribution in [-0.2, 0) is 0 Å². The zero-order valence-electron chi connectivity index (χ0n) is 11.8. The molecule has 0 aromatic heterocycles. The summed E-state index contributed by atoms with van der Waals surface area (Å²) in [5.41, 5.74) is 5.62. The highest BCUT2D eigenvalue weighted by Crippen LogP contribution is 2.37. The van der Waals surface area contributed by atoms with Gasteiger partial charge in [0.1, 0.15) is 5.75 Å². The minimum absolute atomic E-state index is 0.0237. The first kappa shape index (κ1) is 14.9. The molecule has 0 spiro atoms. The van der Waals surface area contributed by atoms with Gasteiger partial charge in [-0.2, -0.15) is 5.10 Å². The molecular weight excluding hydrogens is 431 g/mol. The van der Waals surface area contributed by atoms with Gasteiger partial charge in [0.2, 0.25) is 6.79 Å². The monoisotopic (exact) mass is 442 g/mol. The Labute approximate surface area is 151 Å². The molecule has 5 nitrogen and oxygen atoms in total. The summed E-state index contributed by atoms with van der Waals surface area (Å²) in [4.78, 5) is 0. The van der Waals surface area contributed by atoms with Gasteiger partial charge in [0.15, 0.2) is 11.5 Å². The van der Waals surface area contributed by atoms with E-state index in [-0.39, 0.29) is 18.6 Å². The summed E-state index contributed by atoms with van der Waals surface area (Å²) in [6, 6.07) is 9.33. The van der Waals surface area contributed by atoms with Crippen LogP contribution in [0, 0.1) is 3.57 Å². The van der Waals surface area contributed by atoms with Crippen LogP contribution in [-0.4, -0.2) is 17.6 Å². The molecule has 2 aliphatic rings. The molecule has 2 N–H and O–H groups in total. The lowest BCUT2D eigenvalue weighted by molar-refractivity contribution is 0.174. The van der Waals surface area contributed by atoms with Gasteiger partial charge in [-0.3, -0.25) is 0 Å². The van der Waals surface area contributed by atoms with Crippen molar-refractivity contribution >= 4 is 39.9 Å². The van der Waals surface area contributed by atoms with Gasteiger partial charge in [0.05, 0.1) is 15.3 Å². The molecule has 0 amide bonds. The highest BCUT2D eigenvalue weighted by Gasteiger charge is 2.25. The molecule has 2 heterocycles. The number of ether oxygens (including phenoxy) is 2. The molecule has 2 aromatic rings. The first-order chi connectivity index (χ1) is 11.1. The Morgan fingerprint density at radius 1 is 1.22 bits per heavy atom. The molecular formula is C16H12ClIN2O3. The number of halogens is 2. The lowest BCUT2D eigenvalue weighted by Crippen LogP contribution is -2.09. The van der Waals surface area contributed by atoms with Gasteiger partial charge < -0.3 is 20.0 Å². The van der Waals surface area contributed by atoms with Crippen LogP contribution in [0.25, 0.3) is 0 Å². The van der Waals surface area contributed by atoms with Crippen molar-refractivity contribution in [1.29, 1.82) is 0 Å². The molecule has 1 atom stereocenters. The van der Waals surface area contributed by atoms with Gasteiger partial charge >= 0.3 is 0 Å². The normalized spacial score (nSPS) is 18.7. The smallest absolute Gasteiger partial charge is 0.231 e. The third kappa shape index (κ3) is 2.70. The standard InChI is InChI=1S/C16H12ClIN2O3/c17-9-4-10(16(21)11(18)5-9)13-6-12(19-20-13)8-1-2-14-15(3-8)23-7-22-14/h1-5,12,19,21H,6-7H2. The Hall–Kier alpha value is -1.67. The Balaban J connectivity index is 1.60. The van der Waals surface area contributed by atoms with Gasteiger partial charge in [-0.1, -0.05) is 17.7 Å². The van der Waals surface area contributed by atoms with Crippen LogP contribution in [0.4, 0.5) is 0 Å². The SMILES string of the molecule is Oc1c(I)cc(Cl)cc1C1=NNC(c2ccc3c(c2)OCO3)C1. The topological polar surface area (TPSA) is 63.1 Å². The third-order valence-electron chi connectivity index (χ3n) is 3.89. The van der Waals surface area contributed by atoms with E-state index in [4.69, 9.17) is 21.1 Å². The molecule has 0 saturated carbocycles. The second-order valence-electron chi connectivity index (χ2n) is 5.34. The summed E-state index contributed by atoms with van der Waals surface area (Å²) in [7, 11) is 0. The number of hydrazone groups is 1. The number of nitrogens with one attached hydrogen (secondary N) is 1. The Bertz CT molecular complexity index is 825. The second kappa shape index (κ2) is 5.76. The van der Waals surface area contributed by atoms with Crippen LogP contribution in [0.1, 0.15) is 23.6 Å². The minimum Gasteiger partial charge on any atom is -0.506 e. The first-order valence-corrected chi connectivity index (χ1v) is 8.47. The highest BCUT2D eigenvalue weighted by molar-refractivity contribution is 14.1. The summed E-state index contributed by atoms with van der Waals surface area (Å²) >= 11 is 8.15. The number of aromatic hydroxyl groups is 1. The summed E-state index contributed by atoms with van der Waals surface area (Å²) in [5.74, 6) is 1.72. The van der Waals surface area contributed by atoms with Crippen molar-refractivity contribution in [3.63, 3.8) is 0 Å². The fourth-order valence-corrected chi connectivity index (χ4v) is 3.75. The van der Waals surface area contributed by atoms with Crippen molar-refractivity contribution in [3.05, 3.63) is 50.1 Å². The Kier molecular flexibility index (Phi) is 3.73. The average Bonchev–Trinajstić information content (AvgIpc) is 3.18. The highest BCUT2D eigenvalue weighted by atomic mass is 127. The summed E-state index contributed by atoms with van der Waals surface area (Å²) in [5, 5.41) is 15.2. The van der Waals surface area contributed by atoms with Crippen LogP contribution >= 0.6 is 34.2 Å². The molecule has 23 heavy (non-hydrogen) atoms. The number of rotatable bonds is 2. The first-order valence-electron chi connectivity index (χ1n) is 7.02. The maximum Gasteiger partial charge on any atom is 0.231 e. The van der Waals surface area contributed by atoms with Crippen molar-refractivity contribution in [2.75, 3.05) is 6.79 Å². The van der Waals surface area contributed by atoms with E-state index in [9.17, 15) is 5.11 Å². The summed E-state index contributed by atoms with van der Waals surface area (Å²) < 4.78 is 11.5. The quantitative estimate of drug-likeness (QED) is 0.694. The fourth-order valence-electron chi connectivity index (χ4n) is 2.72. The van der Waals surface area contributed by atoms with Crippen molar-refractivity contribution < 1.29 is 14.6 Å². The van der Waals surface area contributed by atoms with E-state index >= 15 is 0 Å². The van der Waals surface area contributed by atoms with Crippen LogP contribution in [0.3, 0.4) is 0 Å². The number of hydrogen-bond donors (Lipinski definition) is 2. The number of phenols is 1. The number of fused-ring (bicyclic) bond motifs is 1. The Morgan fingerprint density at radius 3 is 2.91 bits per heavy atom. The lowest BCUT2D eigenvalue weighted by Gasteiger charge is -2.11. The molecule has 0 bridgehead atoms. The van der Waals surface area contributed by atoms with Gasteiger partial charge in [-0.05, 0) is 52.4 Å². The number of nitrogens with zero attached hydrogens (tertiary/aromatic N) is 1. The molecule has 0 aliphatic carbocycles. The predicted molar refractivity (Wildman–Crippen MR) is 95.4 cm³/mol. The average molecular weight is 443 g/mol. The summed E-state index contributed by atoms with van der Waals surface area (Å²) in [6.45, 7) is 0.257. The lowest BCUT2D eigenvalue weighted by atomic mass is 9.98. The van der Waals surface area contributed by atoms with Crippen LogP contribution in [0.2, 0.25) is 5.02 Å². The van der Waals surface area contributed by atoms with Gasteiger partial charge in [0, 0.05) is 17.0 Å². The van der Waals surface area contributed by atoms with Crippen molar-refractivity contribution in [2.24, 2.45) is 5.10 Å². The van der Waals surface area contributed by atoms with Gasteiger partial charge in [-0.15, -0.1) is 0 Å². The van der Waals surface area contributed by atoms with E-state index in [1.54, 1.807) is 12.1 Å².